The summed E-state index contributed by atoms with van der Waals surface area (Å²) in [5, 5.41) is 6.63. The first-order valence-electron chi connectivity index (χ1n) is 8.63. The van der Waals surface area contributed by atoms with E-state index in [4.69, 9.17) is 0 Å². The van der Waals surface area contributed by atoms with Gasteiger partial charge in [-0.05, 0) is 50.3 Å². The van der Waals surface area contributed by atoms with Crippen LogP contribution in [0.1, 0.15) is 51.5 Å². The van der Waals surface area contributed by atoms with Crippen LogP contribution in [0.2, 0.25) is 0 Å². The molecular formula is C19H30N2O. The number of hydrogen-bond acceptors (Lipinski definition) is 2. The van der Waals surface area contributed by atoms with Crippen LogP contribution in [0.3, 0.4) is 0 Å². The number of hydrogen-bond donors (Lipinski definition) is 2. The molecule has 4 atom stereocenters. The van der Waals surface area contributed by atoms with Crippen molar-refractivity contribution in [1.82, 2.24) is 10.6 Å². The van der Waals surface area contributed by atoms with Crippen molar-refractivity contribution < 1.29 is 4.79 Å². The van der Waals surface area contributed by atoms with Crippen LogP contribution in [-0.4, -0.2) is 25.0 Å². The smallest absolute Gasteiger partial charge is 0.220 e. The maximum absolute atomic E-state index is 12.3. The van der Waals surface area contributed by atoms with Crippen LogP contribution < -0.4 is 10.6 Å². The molecule has 0 saturated carbocycles. The van der Waals surface area contributed by atoms with Gasteiger partial charge in [-0.15, -0.1) is 0 Å². The van der Waals surface area contributed by atoms with Gasteiger partial charge in [0, 0.05) is 18.4 Å². The SMILES string of the molecule is CC(CC(=O)NC(C)C(C)c1ccccc1)C1CCCNC1. The maximum Gasteiger partial charge on any atom is 0.220 e. The van der Waals surface area contributed by atoms with Crippen molar-refractivity contribution in [1.29, 1.82) is 0 Å². The molecule has 22 heavy (non-hydrogen) atoms. The molecule has 0 bridgehead atoms. The Morgan fingerprint density at radius 3 is 2.64 bits per heavy atom. The average molecular weight is 302 g/mol. The highest BCUT2D eigenvalue weighted by Gasteiger charge is 2.23. The van der Waals surface area contributed by atoms with Crippen molar-refractivity contribution in [3.8, 4) is 0 Å². The average Bonchev–Trinajstić information content (AvgIpc) is 2.55. The van der Waals surface area contributed by atoms with Gasteiger partial charge in [-0.25, -0.2) is 0 Å². The lowest BCUT2D eigenvalue weighted by Crippen LogP contribution is -2.39. The van der Waals surface area contributed by atoms with E-state index < -0.39 is 0 Å². The summed E-state index contributed by atoms with van der Waals surface area (Å²) in [5.74, 6) is 1.61. The first kappa shape index (κ1) is 17.0. The van der Waals surface area contributed by atoms with E-state index in [1.165, 1.54) is 18.4 Å². The molecule has 4 unspecified atom stereocenters. The number of nitrogens with one attached hydrogen (secondary N) is 2. The molecule has 0 aliphatic carbocycles. The molecule has 1 aromatic carbocycles. The van der Waals surface area contributed by atoms with E-state index in [1.807, 2.05) is 6.07 Å². The summed E-state index contributed by atoms with van der Waals surface area (Å²) in [6, 6.07) is 10.6. The molecule has 1 aromatic rings. The molecule has 0 radical (unpaired) electrons. The quantitative estimate of drug-likeness (QED) is 0.846. The van der Waals surface area contributed by atoms with Crippen molar-refractivity contribution in [3.63, 3.8) is 0 Å². The standard InChI is InChI=1S/C19H30N2O/c1-14(18-10-7-11-20-13-18)12-19(22)21-16(3)15(2)17-8-5-4-6-9-17/h4-6,8-9,14-16,18,20H,7,10-13H2,1-3H3,(H,21,22). The van der Waals surface area contributed by atoms with Crippen molar-refractivity contribution in [2.45, 2.75) is 52.0 Å². The third-order valence-electron chi connectivity index (χ3n) is 5.11. The summed E-state index contributed by atoms with van der Waals surface area (Å²) in [6.45, 7) is 8.67. The van der Waals surface area contributed by atoms with E-state index in [2.05, 4.69) is 55.7 Å². The van der Waals surface area contributed by atoms with Gasteiger partial charge in [-0.2, -0.15) is 0 Å². The van der Waals surface area contributed by atoms with Crippen LogP contribution >= 0.6 is 0 Å². The molecule has 0 aromatic heterocycles. The van der Waals surface area contributed by atoms with Crippen LogP contribution in [0.4, 0.5) is 0 Å². The van der Waals surface area contributed by atoms with Gasteiger partial charge in [0.2, 0.25) is 5.91 Å². The number of carbonyl (C=O) groups excluding carboxylic acids is 1. The zero-order valence-corrected chi connectivity index (χ0v) is 14.1. The molecule has 2 N–H and O–H groups in total. The molecule has 1 fully saturated rings. The van der Waals surface area contributed by atoms with Gasteiger partial charge in [0.1, 0.15) is 0 Å². The lowest BCUT2D eigenvalue weighted by Gasteiger charge is -2.29. The molecule has 122 valence electrons. The van der Waals surface area contributed by atoms with Crippen molar-refractivity contribution in [2.75, 3.05) is 13.1 Å². The van der Waals surface area contributed by atoms with Gasteiger partial charge in [-0.3, -0.25) is 4.79 Å². The van der Waals surface area contributed by atoms with Gasteiger partial charge in [0.05, 0.1) is 0 Å². The molecule has 1 aliphatic rings. The molecule has 2 rings (SSSR count). The van der Waals surface area contributed by atoms with Crippen LogP contribution in [0.15, 0.2) is 30.3 Å². The summed E-state index contributed by atoms with van der Waals surface area (Å²) in [6.07, 6.45) is 3.12. The Kier molecular flexibility index (Phi) is 6.44. The lowest BCUT2D eigenvalue weighted by atomic mass is 9.85. The van der Waals surface area contributed by atoms with Crippen LogP contribution in [-0.2, 0) is 4.79 Å². The monoisotopic (exact) mass is 302 g/mol. The van der Waals surface area contributed by atoms with Crippen molar-refractivity contribution in [2.24, 2.45) is 11.8 Å². The summed E-state index contributed by atoms with van der Waals surface area (Å²) >= 11 is 0. The topological polar surface area (TPSA) is 41.1 Å². The zero-order valence-electron chi connectivity index (χ0n) is 14.1. The van der Waals surface area contributed by atoms with E-state index >= 15 is 0 Å². The zero-order chi connectivity index (χ0) is 15.9. The van der Waals surface area contributed by atoms with Crippen molar-refractivity contribution >= 4 is 5.91 Å². The summed E-state index contributed by atoms with van der Waals surface area (Å²) < 4.78 is 0. The second-order valence-electron chi connectivity index (χ2n) is 6.84. The van der Waals surface area contributed by atoms with Crippen LogP contribution in [0.5, 0.6) is 0 Å². The van der Waals surface area contributed by atoms with E-state index in [0.29, 0.717) is 24.2 Å². The molecule has 1 amide bonds. The second kappa shape index (κ2) is 8.33. The lowest BCUT2D eigenvalue weighted by molar-refractivity contribution is -0.123. The molecule has 1 aliphatic heterocycles. The molecule has 1 heterocycles. The number of benzene rings is 1. The maximum atomic E-state index is 12.3. The van der Waals surface area contributed by atoms with E-state index in [9.17, 15) is 4.79 Å². The van der Waals surface area contributed by atoms with E-state index in [-0.39, 0.29) is 11.9 Å². The molecular weight excluding hydrogens is 272 g/mol. The predicted octanol–water partition coefficient (Wildman–Crippen LogP) is 3.32. The fourth-order valence-corrected chi connectivity index (χ4v) is 3.31. The normalized spacial score (nSPS) is 22.6. The summed E-state index contributed by atoms with van der Waals surface area (Å²) in [7, 11) is 0. The van der Waals surface area contributed by atoms with Crippen molar-refractivity contribution in [3.05, 3.63) is 35.9 Å². The fourth-order valence-electron chi connectivity index (χ4n) is 3.31. The minimum Gasteiger partial charge on any atom is -0.353 e. The molecule has 0 spiro atoms. The molecule has 3 heteroatoms. The fraction of sp³-hybridized carbons (Fsp3) is 0.632. The van der Waals surface area contributed by atoms with Gasteiger partial charge in [0.25, 0.3) is 0 Å². The highest BCUT2D eigenvalue weighted by atomic mass is 16.1. The van der Waals surface area contributed by atoms with E-state index in [0.717, 1.165) is 13.1 Å². The number of carbonyl (C=O) groups is 1. The van der Waals surface area contributed by atoms with Crippen LogP contribution in [0.25, 0.3) is 0 Å². The Morgan fingerprint density at radius 1 is 1.27 bits per heavy atom. The van der Waals surface area contributed by atoms with E-state index in [1.54, 1.807) is 0 Å². The highest BCUT2D eigenvalue weighted by Crippen LogP contribution is 2.23. The Balaban J connectivity index is 1.80. The Morgan fingerprint density at radius 2 is 2.00 bits per heavy atom. The number of amides is 1. The minimum absolute atomic E-state index is 0.159. The second-order valence-corrected chi connectivity index (χ2v) is 6.84. The Bertz CT molecular complexity index is 454. The first-order chi connectivity index (χ1) is 10.6. The highest BCUT2D eigenvalue weighted by molar-refractivity contribution is 5.76. The third kappa shape index (κ3) is 4.84. The largest absolute Gasteiger partial charge is 0.353 e. The summed E-state index contributed by atoms with van der Waals surface area (Å²) in [5.41, 5.74) is 1.28. The summed E-state index contributed by atoms with van der Waals surface area (Å²) in [4.78, 5) is 12.3. The van der Waals surface area contributed by atoms with Gasteiger partial charge in [-0.1, -0.05) is 44.2 Å². The Hall–Kier alpha value is -1.35. The minimum atomic E-state index is 0.159. The van der Waals surface area contributed by atoms with Crippen LogP contribution in [0, 0.1) is 11.8 Å². The Labute approximate surface area is 134 Å². The number of rotatable bonds is 6. The first-order valence-corrected chi connectivity index (χ1v) is 8.63. The molecule has 1 saturated heterocycles. The van der Waals surface area contributed by atoms with Gasteiger partial charge < -0.3 is 10.6 Å². The predicted molar refractivity (Wildman–Crippen MR) is 91.8 cm³/mol. The molecule has 3 nitrogen and oxygen atoms in total. The van der Waals surface area contributed by atoms with Gasteiger partial charge in [0.15, 0.2) is 0 Å². The van der Waals surface area contributed by atoms with Gasteiger partial charge >= 0.3 is 0 Å². The third-order valence-corrected chi connectivity index (χ3v) is 5.11. The number of piperidine rings is 1.